The summed E-state index contributed by atoms with van der Waals surface area (Å²) in [6.07, 6.45) is 2.15. The minimum Gasteiger partial charge on any atom is -0.477 e. The van der Waals surface area contributed by atoms with E-state index in [1.165, 1.54) is 26.9 Å². The zero-order valence-corrected chi connectivity index (χ0v) is 19.6. The summed E-state index contributed by atoms with van der Waals surface area (Å²) >= 11 is 2.31. The maximum Gasteiger partial charge on any atom is 0.407 e. The van der Waals surface area contributed by atoms with E-state index in [4.69, 9.17) is 5.73 Å². The van der Waals surface area contributed by atoms with Crippen LogP contribution in [0.4, 0.5) is 13.9 Å². The number of oxime groups is 1. The van der Waals surface area contributed by atoms with Gasteiger partial charge in [-0.05, 0) is 6.92 Å². The summed E-state index contributed by atoms with van der Waals surface area (Å²) in [5.74, 6) is -2.37. The highest BCUT2D eigenvalue weighted by atomic mass is 32.2. The number of alkyl halides is 2. The van der Waals surface area contributed by atoms with Crippen molar-refractivity contribution in [3.63, 3.8) is 0 Å². The molecule has 2 fully saturated rings. The lowest BCUT2D eigenvalue weighted by molar-refractivity contribution is -0.905. The highest BCUT2D eigenvalue weighted by Gasteiger charge is 2.55. The SMILES string of the molecule is CC(C1=C(C(=O)O)N2C(=O)C(NC(=O)C(=NOC(F)F)c3csc(N)n3)[C@@H]2SC1)[NH+]1CCCC1. The molecule has 0 aromatic carbocycles. The maximum absolute atomic E-state index is 12.9. The van der Waals surface area contributed by atoms with Gasteiger partial charge in [0.05, 0.1) is 13.1 Å². The molecule has 1 aromatic rings. The molecule has 1 aromatic heterocycles. The molecule has 0 aliphatic carbocycles. The van der Waals surface area contributed by atoms with Crippen molar-refractivity contribution in [1.29, 1.82) is 0 Å². The first-order valence-electron chi connectivity index (χ1n) is 10.5. The lowest BCUT2D eigenvalue weighted by atomic mass is 9.99. The number of hydrogen-bond donors (Lipinski definition) is 4. The van der Waals surface area contributed by atoms with Gasteiger partial charge in [-0.15, -0.1) is 23.1 Å². The molecule has 5 N–H and O–H groups in total. The number of anilines is 1. The van der Waals surface area contributed by atoms with Crippen LogP contribution in [0, 0.1) is 0 Å². The molecule has 15 heteroatoms. The molecule has 2 amide bonds. The van der Waals surface area contributed by atoms with Crippen LogP contribution in [0.25, 0.3) is 0 Å². The minimum atomic E-state index is -3.27. The second-order valence-corrected chi connectivity index (χ2v) is 10.00. The summed E-state index contributed by atoms with van der Waals surface area (Å²) in [4.78, 5) is 48.1. The lowest BCUT2D eigenvalue weighted by Crippen LogP contribution is -3.13. The van der Waals surface area contributed by atoms with Crippen LogP contribution in [0.5, 0.6) is 0 Å². The Balaban J connectivity index is 1.53. The number of carbonyl (C=O) groups is 3. The number of nitrogens with zero attached hydrogens (tertiary/aromatic N) is 3. The summed E-state index contributed by atoms with van der Waals surface area (Å²) in [5.41, 5.74) is 5.54. The fourth-order valence-corrected chi connectivity index (χ4v) is 6.41. The average Bonchev–Trinajstić information content (AvgIpc) is 3.48. The van der Waals surface area contributed by atoms with E-state index in [1.807, 2.05) is 6.92 Å². The van der Waals surface area contributed by atoms with Crippen LogP contribution in [-0.4, -0.2) is 81.4 Å². The van der Waals surface area contributed by atoms with Crippen LogP contribution >= 0.6 is 23.1 Å². The molecule has 0 spiro atoms. The molecule has 3 aliphatic heterocycles. The number of aromatic nitrogens is 1. The standard InChI is InChI=1S/C19H22F2N6O5S2/c1-8(26-4-2-3-5-26)9-6-33-16-12(15(29)27(16)13(9)17(30)31)24-14(28)11(25-32-18(20)21)10-7-34-19(22)23-10/h7-8,12,16,18H,2-6H2,1H3,(H2,22,23)(H,24,28)(H,30,31)/p+1/t8?,12?,16-/m0/s1. The first-order chi connectivity index (χ1) is 16.2. The number of hydrogen-bond acceptors (Lipinski definition) is 9. The molecule has 34 heavy (non-hydrogen) atoms. The summed E-state index contributed by atoms with van der Waals surface area (Å²) in [5, 5.41) is 16.3. The largest absolute Gasteiger partial charge is 0.477 e. The van der Waals surface area contributed by atoms with E-state index >= 15 is 0 Å². The second-order valence-electron chi connectivity index (χ2n) is 8.00. The number of carboxylic acid groups (broad SMARTS) is 1. The van der Waals surface area contributed by atoms with Crippen LogP contribution in [0.3, 0.4) is 0 Å². The van der Waals surface area contributed by atoms with Gasteiger partial charge in [0.15, 0.2) is 10.8 Å². The van der Waals surface area contributed by atoms with E-state index in [9.17, 15) is 28.3 Å². The van der Waals surface area contributed by atoms with E-state index in [-0.39, 0.29) is 22.6 Å². The molecular formula is C19H23F2N6O5S2+. The third kappa shape index (κ3) is 4.59. The number of thioether (sulfide) groups is 1. The number of aliphatic carboxylic acids is 1. The number of amides is 2. The molecule has 0 bridgehead atoms. The van der Waals surface area contributed by atoms with Gasteiger partial charge in [0.2, 0.25) is 0 Å². The number of halogens is 2. The number of carboxylic acids is 1. The molecule has 184 valence electrons. The number of rotatable bonds is 8. The molecule has 0 radical (unpaired) electrons. The fourth-order valence-electron chi connectivity index (χ4n) is 4.39. The first kappa shape index (κ1) is 24.3. The zero-order chi connectivity index (χ0) is 24.6. The third-order valence-electron chi connectivity index (χ3n) is 6.07. The Morgan fingerprint density at radius 3 is 2.71 bits per heavy atom. The van der Waals surface area contributed by atoms with Gasteiger partial charge in [-0.2, -0.15) is 8.78 Å². The van der Waals surface area contributed by atoms with Crippen molar-refractivity contribution in [2.45, 2.75) is 43.8 Å². The van der Waals surface area contributed by atoms with E-state index in [1.54, 1.807) is 0 Å². The van der Waals surface area contributed by atoms with E-state index in [2.05, 4.69) is 20.3 Å². The van der Waals surface area contributed by atoms with Crippen LogP contribution in [0.15, 0.2) is 21.8 Å². The predicted molar refractivity (Wildman–Crippen MR) is 119 cm³/mol. The van der Waals surface area contributed by atoms with Gasteiger partial charge in [-0.3, -0.25) is 14.5 Å². The zero-order valence-electron chi connectivity index (χ0n) is 18.0. The normalized spacial score (nSPS) is 24.2. The van der Waals surface area contributed by atoms with E-state index in [0.29, 0.717) is 11.3 Å². The van der Waals surface area contributed by atoms with Gasteiger partial charge in [0, 0.05) is 29.5 Å². The van der Waals surface area contributed by atoms with E-state index in [0.717, 1.165) is 37.3 Å². The molecule has 4 rings (SSSR count). The van der Waals surface area contributed by atoms with Gasteiger partial charge in [0.1, 0.15) is 28.8 Å². The number of nitrogens with two attached hydrogens (primary N) is 1. The van der Waals surface area contributed by atoms with Crippen LogP contribution in [0.2, 0.25) is 0 Å². The molecule has 2 saturated heterocycles. The van der Waals surface area contributed by atoms with Gasteiger partial charge >= 0.3 is 12.6 Å². The number of quaternary nitrogens is 1. The highest BCUT2D eigenvalue weighted by molar-refractivity contribution is 8.00. The number of β-lactam (4-membered cyclic amide) rings is 1. The Kier molecular flexibility index (Phi) is 7.04. The number of carbonyl (C=O) groups excluding carboxylic acids is 2. The topological polar surface area (TPSA) is 152 Å². The van der Waals surface area contributed by atoms with Crippen molar-refractivity contribution >= 4 is 51.7 Å². The molecule has 0 saturated carbocycles. The Labute approximate surface area is 201 Å². The maximum atomic E-state index is 12.9. The molecule has 2 unspecified atom stereocenters. The summed E-state index contributed by atoms with van der Waals surface area (Å²) in [7, 11) is 0. The van der Waals surface area contributed by atoms with Crippen molar-refractivity contribution in [2.24, 2.45) is 5.16 Å². The fraction of sp³-hybridized carbons (Fsp3) is 0.526. The van der Waals surface area contributed by atoms with Crippen molar-refractivity contribution in [2.75, 3.05) is 24.6 Å². The molecule has 3 atom stereocenters. The summed E-state index contributed by atoms with van der Waals surface area (Å²) in [6.45, 7) is 0.592. The molecule has 11 nitrogen and oxygen atoms in total. The van der Waals surface area contributed by atoms with Crippen LogP contribution in [0.1, 0.15) is 25.5 Å². The minimum absolute atomic E-state index is 0.0478. The molecule has 3 aliphatic rings. The van der Waals surface area contributed by atoms with Crippen molar-refractivity contribution < 1.29 is 38.0 Å². The summed E-state index contributed by atoms with van der Waals surface area (Å²) < 4.78 is 25.0. The lowest BCUT2D eigenvalue weighted by Gasteiger charge is -2.50. The number of likely N-dealkylation sites (tertiary alicyclic amines) is 1. The summed E-state index contributed by atoms with van der Waals surface area (Å²) in [6, 6.07) is -1.11. The van der Waals surface area contributed by atoms with E-state index < -0.39 is 41.5 Å². The van der Waals surface area contributed by atoms with Gasteiger partial charge in [0.25, 0.3) is 11.8 Å². The van der Waals surface area contributed by atoms with Crippen LogP contribution < -0.4 is 16.0 Å². The first-order valence-corrected chi connectivity index (χ1v) is 12.4. The average molecular weight is 518 g/mol. The Hall–Kier alpha value is -2.78. The Bertz CT molecular complexity index is 1060. The molecular weight excluding hydrogens is 494 g/mol. The van der Waals surface area contributed by atoms with Crippen molar-refractivity contribution in [1.82, 2.24) is 15.2 Å². The number of nitrogens with one attached hydrogen (secondary N) is 2. The monoisotopic (exact) mass is 517 g/mol. The highest BCUT2D eigenvalue weighted by Crippen LogP contribution is 2.41. The predicted octanol–water partition coefficient (Wildman–Crippen LogP) is -0.526. The van der Waals surface area contributed by atoms with Crippen molar-refractivity contribution in [3.8, 4) is 0 Å². The van der Waals surface area contributed by atoms with Crippen molar-refractivity contribution in [3.05, 3.63) is 22.3 Å². The third-order valence-corrected chi connectivity index (χ3v) is 8.05. The second kappa shape index (κ2) is 9.84. The quantitative estimate of drug-likeness (QED) is 0.204. The van der Waals surface area contributed by atoms with Gasteiger partial charge < -0.3 is 25.9 Å². The Morgan fingerprint density at radius 2 is 2.12 bits per heavy atom. The number of nitrogen functional groups attached to an aromatic ring is 1. The number of thiazole rings is 1. The Morgan fingerprint density at radius 1 is 1.41 bits per heavy atom. The van der Waals surface area contributed by atoms with Gasteiger partial charge in [-0.1, -0.05) is 5.16 Å². The van der Waals surface area contributed by atoms with Gasteiger partial charge in [-0.25, -0.2) is 9.78 Å². The smallest absolute Gasteiger partial charge is 0.407 e. The molecule has 4 heterocycles. The van der Waals surface area contributed by atoms with Crippen LogP contribution in [-0.2, 0) is 19.2 Å². The number of fused-ring (bicyclic) bond motifs is 1.